The number of ether oxygens (including phenoxy) is 2. The van der Waals surface area contributed by atoms with Gasteiger partial charge >= 0.3 is 5.97 Å². The van der Waals surface area contributed by atoms with Crippen LogP contribution in [0.15, 0.2) is 0 Å². The maximum Gasteiger partial charge on any atom is 0.332 e. The van der Waals surface area contributed by atoms with Crippen LogP contribution in [0, 0.1) is 0 Å². The lowest BCUT2D eigenvalue weighted by Crippen LogP contribution is -2.34. The number of piperidine rings is 1. The van der Waals surface area contributed by atoms with Crippen molar-refractivity contribution in [3.63, 3.8) is 0 Å². The summed E-state index contributed by atoms with van der Waals surface area (Å²) in [6.45, 7) is 6.22. The predicted octanol–water partition coefficient (Wildman–Crippen LogP) is 2.66. The van der Waals surface area contributed by atoms with E-state index in [4.69, 9.17) is 9.47 Å². The van der Waals surface area contributed by atoms with E-state index in [1.54, 1.807) is 0 Å². The first-order valence-corrected chi connectivity index (χ1v) is 7.74. The van der Waals surface area contributed by atoms with E-state index in [-0.39, 0.29) is 24.8 Å². The highest BCUT2D eigenvalue weighted by Crippen LogP contribution is 2.10. The van der Waals surface area contributed by atoms with Gasteiger partial charge in [-0.3, -0.25) is 0 Å². The minimum atomic E-state index is -0.221. The second kappa shape index (κ2) is 10.2. The Hall–Kier alpha value is -0.610. The molecule has 1 atom stereocenters. The molecule has 0 radical (unpaired) electrons. The molecule has 112 valence electrons. The zero-order valence-corrected chi connectivity index (χ0v) is 12.5. The number of carbonyl (C=O) groups is 1. The van der Waals surface area contributed by atoms with Crippen molar-refractivity contribution in [3.8, 4) is 0 Å². The van der Waals surface area contributed by atoms with Crippen LogP contribution < -0.4 is 5.32 Å². The molecule has 1 unspecified atom stereocenters. The van der Waals surface area contributed by atoms with Crippen LogP contribution in [-0.4, -0.2) is 37.9 Å². The molecule has 1 aliphatic heterocycles. The van der Waals surface area contributed by atoms with Crippen molar-refractivity contribution in [2.24, 2.45) is 0 Å². The first-order valence-electron chi connectivity index (χ1n) is 7.74. The third-order valence-electron chi connectivity index (χ3n) is 3.52. The third-order valence-corrected chi connectivity index (χ3v) is 3.52. The molecule has 1 saturated heterocycles. The number of esters is 1. The van der Waals surface area contributed by atoms with Gasteiger partial charge in [0.05, 0.1) is 12.2 Å². The third kappa shape index (κ3) is 8.22. The Bertz CT molecular complexity index is 240. The quantitative estimate of drug-likeness (QED) is 0.517. The molecule has 1 heterocycles. The van der Waals surface area contributed by atoms with Crippen molar-refractivity contribution >= 4 is 5.97 Å². The van der Waals surface area contributed by atoms with Crippen LogP contribution in [0.5, 0.6) is 0 Å². The van der Waals surface area contributed by atoms with Gasteiger partial charge in [0.1, 0.15) is 6.61 Å². The summed E-state index contributed by atoms with van der Waals surface area (Å²) < 4.78 is 10.9. The molecular weight excluding hydrogens is 242 g/mol. The molecule has 0 aromatic rings. The zero-order valence-electron chi connectivity index (χ0n) is 12.5. The number of unbranched alkanes of at least 4 members (excludes halogenated alkanes) is 3. The fourth-order valence-corrected chi connectivity index (χ4v) is 2.32. The minimum Gasteiger partial charge on any atom is -0.461 e. The van der Waals surface area contributed by atoms with Crippen LogP contribution in [0.2, 0.25) is 0 Å². The summed E-state index contributed by atoms with van der Waals surface area (Å²) in [5.74, 6) is -0.221. The maximum atomic E-state index is 11.6. The van der Waals surface area contributed by atoms with Crippen molar-refractivity contribution in [2.75, 3.05) is 19.7 Å². The van der Waals surface area contributed by atoms with Crippen LogP contribution in [0.25, 0.3) is 0 Å². The van der Waals surface area contributed by atoms with Gasteiger partial charge in [-0.15, -0.1) is 0 Å². The van der Waals surface area contributed by atoms with Crippen molar-refractivity contribution in [1.29, 1.82) is 0 Å². The van der Waals surface area contributed by atoms with Gasteiger partial charge in [-0.25, -0.2) is 4.79 Å². The molecule has 0 aromatic carbocycles. The van der Waals surface area contributed by atoms with Gasteiger partial charge < -0.3 is 14.8 Å². The molecular formula is C15H29NO3. The summed E-state index contributed by atoms with van der Waals surface area (Å²) >= 11 is 0. The first-order chi connectivity index (χ1) is 9.22. The Morgan fingerprint density at radius 1 is 1.26 bits per heavy atom. The summed E-state index contributed by atoms with van der Waals surface area (Å²) in [5, 5.41) is 3.27. The Morgan fingerprint density at radius 2 is 2.00 bits per heavy atom. The largest absolute Gasteiger partial charge is 0.461 e. The van der Waals surface area contributed by atoms with Gasteiger partial charge in [0.2, 0.25) is 0 Å². The van der Waals surface area contributed by atoms with Crippen molar-refractivity contribution < 1.29 is 14.3 Å². The lowest BCUT2D eigenvalue weighted by molar-refractivity contribution is -0.156. The Kier molecular flexibility index (Phi) is 8.84. The van der Waals surface area contributed by atoms with Crippen LogP contribution in [0.3, 0.4) is 0 Å². The second-order valence-electron chi connectivity index (χ2n) is 5.41. The highest BCUT2D eigenvalue weighted by Gasteiger charge is 2.16. The fraction of sp³-hybridized carbons (Fsp3) is 0.933. The number of nitrogens with one attached hydrogen (secondary N) is 1. The standard InChI is InChI=1S/C15H29NO3/c1-3-4-5-6-7-13(2)19-15(17)12-18-14-8-10-16-11-9-14/h13-14,16H,3-12H2,1-2H3. The van der Waals surface area contributed by atoms with E-state index in [0.717, 1.165) is 38.8 Å². The van der Waals surface area contributed by atoms with Gasteiger partial charge in [0.25, 0.3) is 0 Å². The summed E-state index contributed by atoms with van der Waals surface area (Å²) in [5.41, 5.74) is 0. The van der Waals surface area contributed by atoms with Gasteiger partial charge in [-0.2, -0.15) is 0 Å². The Balaban J connectivity index is 2.02. The molecule has 1 aliphatic rings. The normalized spacial score (nSPS) is 18.2. The van der Waals surface area contributed by atoms with Crippen LogP contribution in [0.4, 0.5) is 0 Å². The lowest BCUT2D eigenvalue weighted by Gasteiger charge is -2.22. The number of rotatable bonds is 9. The van der Waals surface area contributed by atoms with Gasteiger partial charge in [-0.1, -0.05) is 26.2 Å². The monoisotopic (exact) mass is 271 g/mol. The fourth-order valence-electron chi connectivity index (χ4n) is 2.32. The van der Waals surface area contributed by atoms with Crippen LogP contribution in [-0.2, 0) is 14.3 Å². The van der Waals surface area contributed by atoms with E-state index in [9.17, 15) is 4.79 Å². The Labute approximate surface area is 117 Å². The summed E-state index contributed by atoms with van der Waals surface area (Å²) in [6.07, 6.45) is 8.02. The SMILES string of the molecule is CCCCCCC(C)OC(=O)COC1CCNCC1. The lowest BCUT2D eigenvalue weighted by atomic mass is 10.1. The van der Waals surface area contributed by atoms with Crippen molar-refractivity contribution in [2.45, 2.75) is 71.0 Å². The highest BCUT2D eigenvalue weighted by atomic mass is 16.6. The average molecular weight is 271 g/mol. The smallest absolute Gasteiger partial charge is 0.332 e. The molecule has 0 bridgehead atoms. The van der Waals surface area contributed by atoms with Gasteiger partial charge in [-0.05, 0) is 45.7 Å². The molecule has 0 saturated carbocycles. The highest BCUT2D eigenvalue weighted by molar-refractivity contribution is 5.70. The summed E-state index contributed by atoms with van der Waals surface area (Å²) in [7, 11) is 0. The minimum absolute atomic E-state index is 0.0148. The molecule has 1 fully saturated rings. The number of carbonyl (C=O) groups excluding carboxylic acids is 1. The van der Waals surface area contributed by atoms with E-state index in [1.165, 1.54) is 19.3 Å². The van der Waals surface area contributed by atoms with E-state index in [2.05, 4.69) is 12.2 Å². The molecule has 1 N–H and O–H groups in total. The molecule has 0 aliphatic carbocycles. The zero-order chi connectivity index (χ0) is 13.9. The average Bonchev–Trinajstić information content (AvgIpc) is 2.42. The molecule has 19 heavy (non-hydrogen) atoms. The van der Waals surface area contributed by atoms with Crippen molar-refractivity contribution in [3.05, 3.63) is 0 Å². The van der Waals surface area contributed by atoms with Crippen LogP contribution in [0.1, 0.15) is 58.8 Å². The van der Waals surface area contributed by atoms with E-state index in [0.29, 0.717) is 0 Å². The number of hydrogen-bond donors (Lipinski definition) is 1. The predicted molar refractivity (Wildman–Crippen MR) is 76.2 cm³/mol. The van der Waals surface area contributed by atoms with E-state index < -0.39 is 0 Å². The van der Waals surface area contributed by atoms with Gasteiger partial charge in [0.15, 0.2) is 0 Å². The first kappa shape index (κ1) is 16.4. The Morgan fingerprint density at radius 3 is 2.68 bits per heavy atom. The number of hydrogen-bond acceptors (Lipinski definition) is 4. The van der Waals surface area contributed by atoms with Crippen LogP contribution >= 0.6 is 0 Å². The van der Waals surface area contributed by atoms with E-state index in [1.807, 2.05) is 6.92 Å². The molecule has 1 rings (SSSR count). The molecule has 0 spiro atoms. The summed E-state index contributed by atoms with van der Waals surface area (Å²) in [4.78, 5) is 11.6. The molecule has 0 amide bonds. The van der Waals surface area contributed by atoms with Gasteiger partial charge in [0, 0.05) is 0 Å². The van der Waals surface area contributed by atoms with Crippen molar-refractivity contribution in [1.82, 2.24) is 5.32 Å². The molecule has 0 aromatic heterocycles. The topological polar surface area (TPSA) is 47.6 Å². The summed E-state index contributed by atoms with van der Waals surface area (Å²) in [6, 6.07) is 0. The molecule has 4 nitrogen and oxygen atoms in total. The second-order valence-corrected chi connectivity index (χ2v) is 5.41. The molecule has 4 heteroatoms. The van der Waals surface area contributed by atoms with E-state index >= 15 is 0 Å². The maximum absolute atomic E-state index is 11.6.